The van der Waals surface area contributed by atoms with E-state index in [1.54, 1.807) is 0 Å². The van der Waals surface area contributed by atoms with Gasteiger partial charge in [-0.05, 0) is 17.9 Å². The number of aliphatic hydroxyl groups excluding tert-OH is 1. The largest absolute Gasteiger partial charge is 0.392 e. The molecule has 0 bridgehead atoms. The Labute approximate surface area is 89.9 Å². The van der Waals surface area contributed by atoms with Crippen LogP contribution in [-0.4, -0.2) is 17.0 Å². The Hall–Kier alpha value is -1.15. The highest BCUT2D eigenvalue weighted by Gasteiger charge is 2.40. The van der Waals surface area contributed by atoms with Gasteiger partial charge in [0.1, 0.15) is 5.78 Å². The lowest BCUT2D eigenvalue weighted by Crippen LogP contribution is -2.18. The summed E-state index contributed by atoms with van der Waals surface area (Å²) in [6.07, 6.45) is 0.720. The molecule has 0 unspecified atom stereocenters. The quantitative estimate of drug-likeness (QED) is 0.801. The number of hydrogen-bond acceptors (Lipinski definition) is 2. The maximum atomic E-state index is 11.8. The summed E-state index contributed by atoms with van der Waals surface area (Å²) in [5, 5.41) is 9.77. The van der Waals surface area contributed by atoms with Gasteiger partial charge in [0.2, 0.25) is 0 Å². The maximum absolute atomic E-state index is 11.8. The van der Waals surface area contributed by atoms with Gasteiger partial charge in [-0.2, -0.15) is 0 Å². The second-order valence-corrected chi connectivity index (χ2v) is 4.20. The first-order valence-electron chi connectivity index (χ1n) is 5.49. The summed E-state index contributed by atoms with van der Waals surface area (Å²) in [6.45, 7) is 2.03. The van der Waals surface area contributed by atoms with Gasteiger partial charge in [0.05, 0.1) is 6.10 Å². The van der Waals surface area contributed by atoms with Gasteiger partial charge in [0.25, 0.3) is 0 Å². The first-order valence-corrected chi connectivity index (χ1v) is 5.49. The fourth-order valence-electron chi connectivity index (χ4n) is 2.55. The highest BCUT2D eigenvalue weighted by molar-refractivity contribution is 5.89. The summed E-state index contributed by atoms with van der Waals surface area (Å²) in [5.41, 5.74) is 1.05. The molecule has 1 aromatic carbocycles. The van der Waals surface area contributed by atoms with Crippen LogP contribution in [0.4, 0.5) is 0 Å². The Bertz CT molecular complexity index is 345. The van der Waals surface area contributed by atoms with Crippen LogP contribution in [0.2, 0.25) is 0 Å². The molecular formula is C13H16O2. The second kappa shape index (κ2) is 4.15. The van der Waals surface area contributed by atoms with Gasteiger partial charge in [-0.3, -0.25) is 4.79 Å². The van der Waals surface area contributed by atoms with Crippen molar-refractivity contribution in [3.8, 4) is 0 Å². The van der Waals surface area contributed by atoms with Crippen LogP contribution in [0.25, 0.3) is 0 Å². The SMILES string of the molecule is CC[C@@H]1[C@H](O)CC(=O)[C@H]1c1ccccc1. The molecule has 0 amide bonds. The molecule has 2 nitrogen and oxygen atoms in total. The molecule has 0 aromatic heterocycles. The zero-order chi connectivity index (χ0) is 10.8. The van der Waals surface area contributed by atoms with Crippen molar-refractivity contribution in [3.05, 3.63) is 35.9 Å². The fourth-order valence-corrected chi connectivity index (χ4v) is 2.55. The average Bonchev–Trinajstić information content (AvgIpc) is 2.54. The van der Waals surface area contributed by atoms with E-state index in [0.29, 0.717) is 6.42 Å². The molecule has 0 spiro atoms. The lowest BCUT2D eigenvalue weighted by atomic mass is 9.86. The van der Waals surface area contributed by atoms with Crippen LogP contribution < -0.4 is 0 Å². The Morgan fingerprint density at radius 2 is 2.00 bits per heavy atom. The standard InChI is InChI=1S/C13H16O2/c1-2-10-11(14)8-12(15)13(10)9-6-4-3-5-7-9/h3-7,10-11,13-14H,2,8H2,1H3/t10-,11-,13+/m1/s1. The first kappa shape index (κ1) is 10.4. The van der Waals surface area contributed by atoms with Crippen molar-refractivity contribution in [2.75, 3.05) is 0 Å². The van der Waals surface area contributed by atoms with Crippen molar-refractivity contribution in [1.29, 1.82) is 0 Å². The van der Waals surface area contributed by atoms with E-state index in [0.717, 1.165) is 12.0 Å². The molecule has 2 rings (SSSR count). The van der Waals surface area contributed by atoms with E-state index in [1.807, 2.05) is 37.3 Å². The van der Waals surface area contributed by atoms with Crippen LogP contribution in [0.15, 0.2) is 30.3 Å². The van der Waals surface area contributed by atoms with Crippen LogP contribution >= 0.6 is 0 Å². The van der Waals surface area contributed by atoms with E-state index in [4.69, 9.17) is 0 Å². The van der Waals surface area contributed by atoms with E-state index in [1.165, 1.54) is 0 Å². The summed E-state index contributed by atoms with van der Waals surface area (Å²) in [4.78, 5) is 11.8. The second-order valence-electron chi connectivity index (χ2n) is 4.20. The Morgan fingerprint density at radius 3 is 2.60 bits per heavy atom. The zero-order valence-corrected chi connectivity index (χ0v) is 8.89. The van der Waals surface area contributed by atoms with Crippen molar-refractivity contribution in [2.45, 2.75) is 31.8 Å². The van der Waals surface area contributed by atoms with E-state index in [9.17, 15) is 9.90 Å². The average molecular weight is 204 g/mol. The summed E-state index contributed by atoms with van der Waals surface area (Å²) in [5.74, 6) is 0.187. The molecular weight excluding hydrogens is 188 g/mol. The topological polar surface area (TPSA) is 37.3 Å². The summed E-state index contributed by atoms with van der Waals surface area (Å²) in [6, 6.07) is 9.78. The molecule has 1 aliphatic carbocycles. The lowest BCUT2D eigenvalue weighted by Gasteiger charge is -2.19. The summed E-state index contributed by atoms with van der Waals surface area (Å²) in [7, 11) is 0. The van der Waals surface area contributed by atoms with Gasteiger partial charge in [-0.1, -0.05) is 37.3 Å². The monoisotopic (exact) mass is 204 g/mol. The van der Waals surface area contributed by atoms with Crippen molar-refractivity contribution >= 4 is 5.78 Å². The third-order valence-electron chi connectivity index (χ3n) is 3.31. The molecule has 0 heterocycles. The molecule has 1 N–H and O–H groups in total. The molecule has 1 fully saturated rings. The van der Waals surface area contributed by atoms with Gasteiger partial charge in [-0.15, -0.1) is 0 Å². The van der Waals surface area contributed by atoms with Gasteiger partial charge < -0.3 is 5.11 Å². The maximum Gasteiger partial charge on any atom is 0.143 e. The van der Waals surface area contributed by atoms with Gasteiger partial charge in [-0.25, -0.2) is 0 Å². The predicted octanol–water partition coefficient (Wildman–Crippen LogP) is 2.13. The molecule has 3 atom stereocenters. The lowest BCUT2D eigenvalue weighted by molar-refractivity contribution is -0.119. The minimum absolute atomic E-state index is 0.0915. The summed E-state index contributed by atoms with van der Waals surface area (Å²) < 4.78 is 0. The first-order chi connectivity index (χ1) is 7.24. The number of hydrogen-bond donors (Lipinski definition) is 1. The van der Waals surface area contributed by atoms with Crippen LogP contribution in [0.1, 0.15) is 31.2 Å². The highest BCUT2D eigenvalue weighted by atomic mass is 16.3. The molecule has 1 saturated carbocycles. The van der Waals surface area contributed by atoms with Crippen LogP contribution in [0.3, 0.4) is 0 Å². The Kier molecular flexibility index (Phi) is 2.87. The van der Waals surface area contributed by atoms with Crippen molar-refractivity contribution in [1.82, 2.24) is 0 Å². The Morgan fingerprint density at radius 1 is 1.33 bits per heavy atom. The predicted molar refractivity (Wildman–Crippen MR) is 58.6 cm³/mol. The Balaban J connectivity index is 2.31. The normalized spacial score (nSPS) is 30.8. The van der Waals surface area contributed by atoms with Crippen molar-refractivity contribution in [2.24, 2.45) is 5.92 Å². The van der Waals surface area contributed by atoms with E-state index in [2.05, 4.69) is 0 Å². The molecule has 0 saturated heterocycles. The number of aliphatic hydroxyl groups is 1. The van der Waals surface area contributed by atoms with Crippen LogP contribution in [-0.2, 0) is 4.79 Å². The molecule has 1 aliphatic rings. The van der Waals surface area contributed by atoms with Crippen LogP contribution in [0.5, 0.6) is 0 Å². The number of carbonyl (C=O) groups is 1. The zero-order valence-electron chi connectivity index (χ0n) is 8.89. The highest BCUT2D eigenvalue weighted by Crippen LogP contribution is 2.38. The smallest absolute Gasteiger partial charge is 0.143 e. The molecule has 80 valence electrons. The summed E-state index contributed by atoms with van der Waals surface area (Å²) >= 11 is 0. The minimum atomic E-state index is -0.451. The van der Waals surface area contributed by atoms with Gasteiger partial charge in [0.15, 0.2) is 0 Å². The number of ketones is 1. The minimum Gasteiger partial charge on any atom is -0.392 e. The van der Waals surface area contributed by atoms with Crippen LogP contribution in [0, 0.1) is 5.92 Å². The third kappa shape index (κ3) is 1.82. The molecule has 0 aliphatic heterocycles. The number of benzene rings is 1. The molecule has 2 heteroatoms. The molecule has 1 aromatic rings. The molecule has 0 radical (unpaired) electrons. The number of Topliss-reactive ketones (excluding diaryl/α,β-unsaturated/α-hetero) is 1. The number of rotatable bonds is 2. The molecule has 15 heavy (non-hydrogen) atoms. The van der Waals surface area contributed by atoms with Crippen molar-refractivity contribution in [3.63, 3.8) is 0 Å². The van der Waals surface area contributed by atoms with E-state index < -0.39 is 6.10 Å². The fraction of sp³-hybridized carbons (Fsp3) is 0.462. The third-order valence-corrected chi connectivity index (χ3v) is 3.31. The van der Waals surface area contributed by atoms with Gasteiger partial charge in [0, 0.05) is 12.3 Å². The van der Waals surface area contributed by atoms with Gasteiger partial charge >= 0.3 is 0 Å². The number of carbonyl (C=O) groups excluding carboxylic acids is 1. The van der Waals surface area contributed by atoms with Crippen molar-refractivity contribution < 1.29 is 9.90 Å². The van der Waals surface area contributed by atoms with E-state index >= 15 is 0 Å². The van der Waals surface area contributed by atoms with E-state index in [-0.39, 0.29) is 17.6 Å².